The molecule has 0 aromatic carbocycles. The third-order valence-corrected chi connectivity index (χ3v) is 3.19. The van der Waals surface area contributed by atoms with E-state index in [0.717, 1.165) is 0 Å². The molecule has 0 saturated heterocycles. The summed E-state index contributed by atoms with van der Waals surface area (Å²) in [7, 11) is 2.14. The minimum absolute atomic E-state index is 1.23. The lowest BCUT2D eigenvalue weighted by Gasteiger charge is -2.02. The SMILES string of the molecule is CCCCCCCCc1cc(C)cc[n+]1C. The Balaban J connectivity index is 2.23. The van der Waals surface area contributed by atoms with E-state index in [9.17, 15) is 0 Å². The first-order valence-corrected chi connectivity index (χ1v) is 6.69. The second-order valence-corrected chi connectivity index (χ2v) is 4.82. The highest BCUT2D eigenvalue weighted by atomic mass is 14.9. The molecule has 16 heavy (non-hydrogen) atoms. The van der Waals surface area contributed by atoms with Gasteiger partial charge in [0.2, 0.25) is 0 Å². The van der Waals surface area contributed by atoms with Crippen LogP contribution < -0.4 is 4.57 Å². The van der Waals surface area contributed by atoms with Gasteiger partial charge in [-0.1, -0.05) is 39.0 Å². The Morgan fingerprint density at radius 1 is 1.06 bits per heavy atom. The van der Waals surface area contributed by atoms with Crippen LogP contribution >= 0.6 is 0 Å². The first-order chi connectivity index (χ1) is 7.74. The molecule has 1 nitrogen and oxygen atoms in total. The van der Waals surface area contributed by atoms with Crippen molar-refractivity contribution in [3.63, 3.8) is 0 Å². The summed E-state index contributed by atoms with van der Waals surface area (Å²) in [5.41, 5.74) is 2.84. The minimum atomic E-state index is 1.23. The molecule has 90 valence electrons. The number of unbranched alkanes of at least 4 members (excludes halogenated alkanes) is 5. The fourth-order valence-corrected chi connectivity index (χ4v) is 2.07. The Morgan fingerprint density at radius 2 is 1.75 bits per heavy atom. The standard InChI is InChI=1S/C15H26N/c1-4-5-6-7-8-9-10-15-13-14(2)11-12-16(15)3/h11-13H,4-10H2,1-3H3/q+1. The number of hydrogen-bond acceptors (Lipinski definition) is 0. The van der Waals surface area contributed by atoms with Crippen molar-refractivity contribution < 1.29 is 4.57 Å². The van der Waals surface area contributed by atoms with Crippen LogP contribution in [0.3, 0.4) is 0 Å². The molecule has 1 heteroatoms. The molecular formula is C15H26N+. The molecule has 1 heterocycles. The highest BCUT2D eigenvalue weighted by Gasteiger charge is 2.05. The molecule has 0 N–H and O–H groups in total. The molecule has 0 radical (unpaired) electrons. The van der Waals surface area contributed by atoms with E-state index < -0.39 is 0 Å². The van der Waals surface area contributed by atoms with Crippen LogP contribution in [0.15, 0.2) is 18.3 Å². The van der Waals surface area contributed by atoms with Gasteiger partial charge in [0.1, 0.15) is 7.05 Å². The molecule has 0 unspecified atom stereocenters. The monoisotopic (exact) mass is 220 g/mol. The van der Waals surface area contributed by atoms with E-state index in [0.29, 0.717) is 0 Å². The highest BCUT2D eigenvalue weighted by Crippen LogP contribution is 2.08. The first-order valence-electron chi connectivity index (χ1n) is 6.69. The highest BCUT2D eigenvalue weighted by molar-refractivity contribution is 5.10. The lowest BCUT2D eigenvalue weighted by atomic mass is 10.1. The Kier molecular flexibility index (Phi) is 6.14. The van der Waals surface area contributed by atoms with Gasteiger partial charge in [-0.15, -0.1) is 0 Å². The van der Waals surface area contributed by atoms with E-state index >= 15 is 0 Å². The summed E-state index contributed by atoms with van der Waals surface area (Å²) < 4.78 is 2.25. The molecule has 0 saturated carbocycles. The molecule has 1 rings (SSSR count). The van der Waals surface area contributed by atoms with Crippen LogP contribution in [0.25, 0.3) is 0 Å². The smallest absolute Gasteiger partial charge is 0.181 e. The quantitative estimate of drug-likeness (QED) is 0.487. The number of pyridine rings is 1. The lowest BCUT2D eigenvalue weighted by Crippen LogP contribution is -2.33. The molecule has 0 fully saturated rings. The number of aryl methyl sites for hydroxylation is 3. The number of aromatic nitrogens is 1. The van der Waals surface area contributed by atoms with E-state index in [1.165, 1.54) is 56.2 Å². The van der Waals surface area contributed by atoms with Crippen molar-refractivity contribution in [1.29, 1.82) is 0 Å². The summed E-state index contributed by atoms with van der Waals surface area (Å²) in [5.74, 6) is 0. The summed E-state index contributed by atoms with van der Waals surface area (Å²) in [6.45, 7) is 4.44. The molecule has 1 aromatic heterocycles. The molecule has 0 amide bonds. The third-order valence-electron chi connectivity index (χ3n) is 3.19. The zero-order valence-corrected chi connectivity index (χ0v) is 11.1. The van der Waals surface area contributed by atoms with Gasteiger partial charge in [-0.05, 0) is 18.9 Å². The van der Waals surface area contributed by atoms with Crippen LogP contribution in [0.5, 0.6) is 0 Å². The van der Waals surface area contributed by atoms with Crippen LogP contribution in [0, 0.1) is 6.92 Å². The van der Waals surface area contributed by atoms with Crippen LogP contribution in [0.1, 0.15) is 56.7 Å². The predicted octanol–water partition coefficient (Wildman–Crippen LogP) is 3.72. The number of rotatable bonds is 7. The van der Waals surface area contributed by atoms with Crippen LogP contribution in [-0.4, -0.2) is 0 Å². The zero-order chi connectivity index (χ0) is 11.8. The van der Waals surface area contributed by atoms with Gasteiger partial charge in [0.25, 0.3) is 0 Å². The van der Waals surface area contributed by atoms with E-state index in [1.54, 1.807) is 0 Å². The maximum Gasteiger partial charge on any atom is 0.181 e. The van der Waals surface area contributed by atoms with Gasteiger partial charge < -0.3 is 0 Å². The summed E-state index contributed by atoms with van der Waals surface area (Å²) in [6, 6.07) is 4.48. The van der Waals surface area contributed by atoms with Gasteiger partial charge in [-0.3, -0.25) is 0 Å². The summed E-state index contributed by atoms with van der Waals surface area (Å²) >= 11 is 0. The van der Waals surface area contributed by atoms with Gasteiger partial charge >= 0.3 is 0 Å². The minimum Gasteiger partial charge on any atom is -0.205 e. The largest absolute Gasteiger partial charge is 0.205 e. The second kappa shape index (κ2) is 7.43. The molecule has 0 aliphatic rings. The van der Waals surface area contributed by atoms with Crippen LogP contribution in [0.2, 0.25) is 0 Å². The second-order valence-electron chi connectivity index (χ2n) is 4.82. The van der Waals surface area contributed by atoms with E-state index in [2.05, 4.69) is 43.8 Å². The van der Waals surface area contributed by atoms with E-state index in [4.69, 9.17) is 0 Å². The van der Waals surface area contributed by atoms with E-state index in [-0.39, 0.29) is 0 Å². The molecule has 0 bridgehead atoms. The molecular weight excluding hydrogens is 194 g/mol. The van der Waals surface area contributed by atoms with Crippen LogP contribution in [0.4, 0.5) is 0 Å². The third kappa shape index (κ3) is 4.78. The summed E-state index contributed by atoms with van der Waals surface area (Å²) in [4.78, 5) is 0. The normalized spacial score (nSPS) is 10.7. The van der Waals surface area contributed by atoms with Crippen molar-refractivity contribution in [2.75, 3.05) is 0 Å². The van der Waals surface area contributed by atoms with Crippen molar-refractivity contribution in [2.24, 2.45) is 7.05 Å². The van der Waals surface area contributed by atoms with Crippen molar-refractivity contribution in [3.05, 3.63) is 29.6 Å². The van der Waals surface area contributed by atoms with Crippen molar-refractivity contribution >= 4 is 0 Å². The van der Waals surface area contributed by atoms with E-state index in [1.807, 2.05) is 0 Å². The average molecular weight is 220 g/mol. The number of hydrogen-bond donors (Lipinski definition) is 0. The topological polar surface area (TPSA) is 3.88 Å². The van der Waals surface area contributed by atoms with Gasteiger partial charge in [-0.2, -0.15) is 0 Å². The van der Waals surface area contributed by atoms with Gasteiger partial charge in [0.05, 0.1) is 0 Å². The fraction of sp³-hybridized carbons (Fsp3) is 0.667. The Labute approximate surface area is 101 Å². The van der Waals surface area contributed by atoms with Gasteiger partial charge in [-0.25, -0.2) is 4.57 Å². The Bertz CT molecular complexity index is 304. The summed E-state index contributed by atoms with van der Waals surface area (Å²) in [5, 5.41) is 0. The predicted molar refractivity (Wildman–Crippen MR) is 69.4 cm³/mol. The van der Waals surface area contributed by atoms with Gasteiger partial charge in [0.15, 0.2) is 11.9 Å². The number of nitrogens with zero attached hydrogens (tertiary/aromatic N) is 1. The first kappa shape index (κ1) is 13.2. The Hall–Kier alpha value is -0.850. The van der Waals surface area contributed by atoms with Crippen molar-refractivity contribution in [2.45, 2.75) is 58.8 Å². The van der Waals surface area contributed by atoms with Crippen LogP contribution in [-0.2, 0) is 13.5 Å². The zero-order valence-electron chi connectivity index (χ0n) is 11.1. The molecule has 0 atom stereocenters. The lowest BCUT2D eigenvalue weighted by molar-refractivity contribution is -0.679. The maximum absolute atomic E-state index is 2.31. The molecule has 0 spiro atoms. The fourth-order valence-electron chi connectivity index (χ4n) is 2.07. The maximum atomic E-state index is 2.31. The molecule has 0 aliphatic heterocycles. The van der Waals surface area contributed by atoms with Crippen molar-refractivity contribution in [1.82, 2.24) is 0 Å². The van der Waals surface area contributed by atoms with Gasteiger partial charge in [0, 0.05) is 18.6 Å². The average Bonchev–Trinajstić information content (AvgIpc) is 2.28. The molecule has 0 aliphatic carbocycles. The molecule has 1 aromatic rings. The van der Waals surface area contributed by atoms with Crippen molar-refractivity contribution in [3.8, 4) is 0 Å². The Morgan fingerprint density at radius 3 is 2.50 bits per heavy atom. The summed E-state index contributed by atoms with van der Waals surface area (Å²) in [6.07, 6.45) is 11.7.